The minimum absolute atomic E-state index is 0.0735. The zero-order valence-electron chi connectivity index (χ0n) is 8.34. The van der Waals surface area contributed by atoms with Crippen LogP contribution in [-0.2, 0) is 4.74 Å². The number of aliphatic hydroxyl groups is 1. The monoisotopic (exact) mass is 172 g/mol. The number of hydrogen-bond donors (Lipinski definition) is 1. The molecule has 0 aromatic heterocycles. The molecule has 1 fully saturated rings. The van der Waals surface area contributed by atoms with Gasteiger partial charge in [0.05, 0.1) is 11.7 Å². The molecule has 0 spiro atoms. The summed E-state index contributed by atoms with van der Waals surface area (Å²) in [6.45, 7) is 4.12. The van der Waals surface area contributed by atoms with Crippen LogP contribution in [0, 0.1) is 5.92 Å². The summed E-state index contributed by atoms with van der Waals surface area (Å²) in [7, 11) is 1.73. The largest absolute Gasteiger partial charge is 0.393 e. The molecule has 1 rings (SSSR count). The van der Waals surface area contributed by atoms with Gasteiger partial charge in [-0.25, -0.2) is 0 Å². The first-order chi connectivity index (χ1) is 5.55. The molecular formula is C10H20O2. The number of aliphatic hydroxyl groups excluding tert-OH is 1. The Morgan fingerprint density at radius 3 is 2.50 bits per heavy atom. The normalized spacial score (nSPS) is 21.0. The Labute approximate surface area is 74.9 Å². The van der Waals surface area contributed by atoms with Crippen LogP contribution in [-0.4, -0.2) is 23.9 Å². The van der Waals surface area contributed by atoms with E-state index in [2.05, 4.69) is 13.8 Å². The van der Waals surface area contributed by atoms with Gasteiger partial charge in [0.1, 0.15) is 0 Å². The summed E-state index contributed by atoms with van der Waals surface area (Å²) in [5, 5.41) is 9.59. The maximum absolute atomic E-state index is 9.59. The molecule has 1 saturated carbocycles. The number of hydrogen-bond acceptors (Lipinski definition) is 2. The Bertz CT molecular complexity index is 139. The van der Waals surface area contributed by atoms with E-state index < -0.39 is 0 Å². The molecule has 2 heteroatoms. The van der Waals surface area contributed by atoms with Crippen LogP contribution < -0.4 is 0 Å². The molecular weight excluding hydrogens is 152 g/mol. The highest BCUT2D eigenvalue weighted by atomic mass is 16.5. The van der Waals surface area contributed by atoms with E-state index in [1.54, 1.807) is 7.11 Å². The van der Waals surface area contributed by atoms with Crippen LogP contribution in [0.3, 0.4) is 0 Å². The summed E-state index contributed by atoms with van der Waals surface area (Å²) < 4.78 is 5.28. The minimum Gasteiger partial charge on any atom is -0.393 e. The van der Waals surface area contributed by atoms with Crippen molar-refractivity contribution in [2.45, 2.75) is 51.2 Å². The molecule has 72 valence electrons. The second-order valence-corrected chi connectivity index (χ2v) is 4.41. The van der Waals surface area contributed by atoms with Crippen molar-refractivity contribution in [3.8, 4) is 0 Å². The smallest absolute Gasteiger partial charge is 0.0623 e. The van der Waals surface area contributed by atoms with E-state index in [0.29, 0.717) is 5.92 Å². The fraction of sp³-hybridized carbons (Fsp3) is 1.00. The summed E-state index contributed by atoms with van der Waals surface area (Å²) in [6, 6.07) is 0. The second kappa shape index (κ2) is 3.75. The number of rotatable bonds is 5. The SMILES string of the molecule is COC(C)(C)CCC(O)C1CC1. The summed E-state index contributed by atoms with van der Waals surface area (Å²) in [5.41, 5.74) is -0.0735. The van der Waals surface area contributed by atoms with Gasteiger partial charge in [-0.1, -0.05) is 0 Å². The quantitative estimate of drug-likeness (QED) is 0.687. The molecule has 0 aromatic rings. The van der Waals surface area contributed by atoms with E-state index in [4.69, 9.17) is 4.74 Å². The van der Waals surface area contributed by atoms with E-state index in [0.717, 1.165) is 12.8 Å². The van der Waals surface area contributed by atoms with E-state index >= 15 is 0 Å². The van der Waals surface area contributed by atoms with E-state index in [-0.39, 0.29) is 11.7 Å². The van der Waals surface area contributed by atoms with Gasteiger partial charge >= 0.3 is 0 Å². The minimum atomic E-state index is -0.0839. The molecule has 0 aromatic carbocycles. The first kappa shape index (κ1) is 10.0. The second-order valence-electron chi connectivity index (χ2n) is 4.41. The molecule has 0 amide bonds. The molecule has 0 heterocycles. The standard InChI is InChI=1S/C10H20O2/c1-10(2,12-3)7-6-9(11)8-4-5-8/h8-9,11H,4-7H2,1-3H3. The molecule has 2 nitrogen and oxygen atoms in total. The zero-order chi connectivity index (χ0) is 9.19. The average molecular weight is 172 g/mol. The lowest BCUT2D eigenvalue weighted by Gasteiger charge is -2.24. The predicted molar refractivity (Wildman–Crippen MR) is 49.1 cm³/mol. The average Bonchev–Trinajstić information content (AvgIpc) is 2.83. The van der Waals surface area contributed by atoms with E-state index in [1.165, 1.54) is 12.8 Å². The van der Waals surface area contributed by atoms with Crippen LogP contribution in [0.25, 0.3) is 0 Å². The Morgan fingerprint density at radius 1 is 1.50 bits per heavy atom. The Balaban J connectivity index is 2.14. The van der Waals surface area contributed by atoms with Crippen LogP contribution in [0.2, 0.25) is 0 Å². The Hall–Kier alpha value is -0.0800. The van der Waals surface area contributed by atoms with Crippen molar-refractivity contribution in [2.75, 3.05) is 7.11 Å². The fourth-order valence-electron chi connectivity index (χ4n) is 1.31. The third-order valence-corrected chi connectivity index (χ3v) is 2.76. The fourth-order valence-corrected chi connectivity index (χ4v) is 1.31. The first-order valence-corrected chi connectivity index (χ1v) is 4.78. The van der Waals surface area contributed by atoms with Gasteiger partial charge in [0.2, 0.25) is 0 Å². The van der Waals surface area contributed by atoms with Gasteiger partial charge in [0.15, 0.2) is 0 Å². The Morgan fingerprint density at radius 2 is 2.08 bits per heavy atom. The summed E-state index contributed by atoms with van der Waals surface area (Å²) in [4.78, 5) is 0. The summed E-state index contributed by atoms with van der Waals surface area (Å²) in [5.74, 6) is 0.595. The highest BCUT2D eigenvalue weighted by Crippen LogP contribution is 2.35. The topological polar surface area (TPSA) is 29.5 Å². The third kappa shape index (κ3) is 3.11. The highest BCUT2D eigenvalue weighted by molar-refractivity contribution is 4.82. The molecule has 12 heavy (non-hydrogen) atoms. The van der Waals surface area contributed by atoms with E-state index in [1.807, 2.05) is 0 Å². The maximum Gasteiger partial charge on any atom is 0.0623 e. The maximum atomic E-state index is 9.59. The van der Waals surface area contributed by atoms with Crippen LogP contribution >= 0.6 is 0 Å². The molecule has 0 saturated heterocycles. The lowest BCUT2D eigenvalue weighted by Crippen LogP contribution is -2.25. The molecule has 1 atom stereocenters. The lowest BCUT2D eigenvalue weighted by atomic mass is 9.98. The van der Waals surface area contributed by atoms with Crippen molar-refractivity contribution in [1.29, 1.82) is 0 Å². The van der Waals surface area contributed by atoms with Gasteiger partial charge in [-0.05, 0) is 45.4 Å². The first-order valence-electron chi connectivity index (χ1n) is 4.78. The highest BCUT2D eigenvalue weighted by Gasteiger charge is 2.30. The van der Waals surface area contributed by atoms with Gasteiger partial charge < -0.3 is 9.84 Å². The molecule has 0 aliphatic heterocycles. The molecule has 0 radical (unpaired) electrons. The molecule has 1 N–H and O–H groups in total. The van der Waals surface area contributed by atoms with Crippen molar-refractivity contribution in [2.24, 2.45) is 5.92 Å². The van der Waals surface area contributed by atoms with Crippen LogP contribution in [0.4, 0.5) is 0 Å². The molecule has 1 unspecified atom stereocenters. The Kier molecular flexibility index (Phi) is 3.13. The zero-order valence-corrected chi connectivity index (χ0v) is 8.34. The van der Waals surface area contributed by atoms with E-state index in [9.17, 15) is 5.11 Å². The molecule has 1 aliphatic carbocycles. The van der Waals surface area contributed by atoms with Crippen molar-refractivity contribution in [1.82, 2.24) is 0 Å². The van der Waals surface area contributed by atoms with Crippen LogP contribution in [0.5, 0.6) is 0 Å². The molecule has 1 aliphatic rings. The van der Waals surface area contributed by atoms with Gasteiger partial charge in [-0.15, -0.1) is 0 Å². The third-order valence-electron chi connectivity index (χ3n) is 2.76. The number of ether oxygens (including phenoxy) is 1. The predicted octanol–water partition coefficient (Wildman–Crippen LogP) is 1.96. The van der Waals surface area contributed by atoms with Crippen molar-refractivity contribution < 1.29 is 9.84 Å². The molecule has 0 bridgehead atoms. The van der Waals surface area contributed by atoms with Crippen molar-refractivity contribution in [3.63, 3.8) is 0 Å². The van der Waals surface area contributed by atoms with Gasteiger partial charge in [-0.2, -0.15) is 0 Å². The van der Waals surface area contributed by atoms with Gasteiger partial charge in [0.25, 0.3) is 0 Å². The lowest BCUT2D eigenvalue weighted by molar-refractivity contribution is 0.000878. The summed E-state index contributed by atoms with van der Waals surface area (Å²) in [6.07, 6.45) is 4.18. The van der Waals surface area contributed by atoms with Gasteiger partial charge in [-0.3, -0.25) is 0 Å². The van der Waals surface area contributed by atoms with Crippen molar-refractivity contribution in [3.05, 3.63) is 0 Å². The van der Waals surface area contributed by atoms with Gasteiger partial charge in [0, 0.05) is 7.11 Å². The van der Waals surface area contributed by atoms with Crippen LogP contribution in [0.1, 0.15) is 39.5 Å². The summed E-state index contributed by atoms with van der Waals surface area (Å²) >= 11 is 0. The number of methoxy groups -OCH3 is 1. The van der Waals surface area contributed by atoms with Crippen LogP contribution in [0.15, 0.2) is 0 Å². The van der Waals surface area contributed by atoms with Crippen molar-refractivity contribution >= 4 is 0 Å².